The SMILES string of the molecule is CCN(CC)CCCN1C(=O)c2oc3cc(C)c(Cl)cc3c(=O)c2C1c1cc(OC)ccc1OC. The third-order valence-electron chi connectivity index (χ3n) is 6.75. The average Bonchev–Trinajstić information content (AvgIpc) is 3.14. The number of amides is 1. The first-order valence-electron chi connectivity index (χ1n) is 11.9. The van der Waals surface area contributed by atoms with Crippen molar-refractivity contribution in [3.8, 4) is 11.5 Å². The van der Waals surface area contributed by atoms with E-state index < -0.39 is 6.04 Å². The summed E-state index contributed by atoms with van der Waals surface area (Å²) in [5.41, 5.74) is 1.83. The molecule has 0 saturated carbocycles. The van der Waals surface area contributed by atoms with Crippen LogP contribution in [0.3, 0.4) is 0 Å². The van der Waals surface area contributed by atoms with Gasteiger partial charge in [-0.25, -0.2) is 0 Å². The molecule has 0 N–H and O–H groups in total. The molecule has 2 aromatic carbocycles. The highest BCUT2D eigenvalue weighted by Crippen LogP contribution is 2.43. The molecule has 1 amide bonds. The van der Waals surface area contributed by atoms with Crippen molar-refractivity contribution in [2.24, 2.45) is 0 Å². The van der Waals surface area contributed by atoms with Gasteiger partial charge in [0.2, 0.25) is 5.76 Å². The highest BCUT2D eigenvalue weighted by Gasteiger charge is 2.43. The van der Waals surface area contributed by atoms with Crippen molar-refractivity contribution in [2.45, 2.75) is 33.2 Å². The molecule has 4 rings (SSSR count). The Morgan fingerprint density at radius 1 is 1.09 bits per heavy atom. The number of fused-ring (bicyclic) bond motifs is 2. The summed E-state index contributed by atoms with van der Waals surface area (Å²) in [6.45, 7) is 9.23. The van der Waals surface area contributed by atoms with Gasteiger partial charge in [-0.15, -0.1) is 0 Å². The molecule has 1 aliphatic heterocycles. The summed E-state index contributed by atoms with van der Waals surface area (Å²) in [6, 6.07) is 8.04. The highest BCUT2D eigenvalue weighted by atomic mass is 35.5. The maximum Gasteiger partial charge on any atom is 0.290 e. The zero-order valence-corrected chi connectivity index (χ0v) is 21.6. The van der Waals surface area contributed by atoms with Gasteiger partial charge in [0.05, 0.1) is 31.2 Å². The lowest BCUT2D eigenvalue weighted by Gasteiger charge is -2.28. The van der Waals surface area contributed by atoms with E-state index in [1.807, 2.05) is 13.0 Å². The van der Waals surface area contributed by atoms with Crippen LogP contribution in [0.25, 0.3) is 11.0 Å². The quantitative estimate of drug-likeness (QED) is 0.411. The minimum absolute atomic E-state index is 0.0712. The highest BCUT2D eigenvalue weighted by molar-refractivity contribution is 6.32. The molecule has 0 radical (unpaired) electrons. The van der Waals surface area contributed by atoms with Gasteiger partial charge in [-0.05, 0) is 68.9 Å². The Kier molecular flexibility index (Phi) is 7.38. The third kappa shape index (κ3) is 4.50. The number of rotatable bonds is 9. The Bertz CT molecular complexity index is 1320. The minimum atomic E-state index is -0.667. The molecule has 7 nitrogen and oxygen atoms in total. The summed E-state index contributed by atoms with van der Waals surface area (Å²) in [5.74, 6) is 0.934. The van der Waals surface area contributed by atoms with E-state index in [-0.39, 0.29) is 17.1 Å². The molecule has 3 aromatic rings. The Hall–Kier alpha value is -3.03. The van der Waals surface area contributed by atoms with Crippen LogP contribution in [0.5, 0.6) is 11.5 Å². The van der Waals surface area contributed by atoms with Gasteiger partial charge in [0.25, 0.3) is 5.91 Å². The van der Waals surface area contributed by atoms with Gasteiger partial charge in [-0.1, -0.05) is 25.4 Å². The Morgan fingerprint density at radius 3 is 2.49 bits per heavy atom. The predicted octanol–water partition coefficient (Wildman–Crippen LogP) is 5.05. The van der Waals surface area contributed by atoms with Crippen LogP contribution in [0.2, 0.25) is 5.02 Å². The number of benzene rings is 2. The molecule has 0 aliphatic carbocycles. The van der Waals surface area contributed by atoms with Gasteiger partial charge in [-0.2, -0.15) is 0 Å². The van der Waals surface area contributed by atoms with Crippen LogP contribution in [-0.2, 0) is 0 Å². The lowest BCUT2D eigenvalue weighted by Crippen LogP contribution is -2.33. The first kappa shape index (κ1) is 25.1. The largest absolute Gasteiger partial charge is 0.497 e. The van der Waals surface area contributed by atoms with E-state index >= 15 is 0 Å². The fourth-order valence-corrected chi connectivity index (χ4v) is 4.92. The van der Waals surface area contributed by atoms with Crippen molar-refractivity contribution in [3.05, 3.63) is 68.0 Å². The molecule has 1 aliphatic rings. The first-order chi connectivity index (χ1) is 16.8. The summed E-state index contributed by atoms with van der Waals surface area (Å²) in [5, 5.41) is 0.824. The van der Waals surface area contributed by atoms with Crippen LogP contribution in [0.15, 0.2) is 39.5 Å². The molecule has 1 unspecified atom stereocenters. The van der Waals surface area contributed by atoms with Crippen molar-refractivity contribution in [2.75, 3.05) is 40.4 Å². The van der Waals surface area contributed by atoms with E-state index in [2.05, 4.69) is 18.7 Å². The number of halogens is 1. The standard InChI is InChI=1S/C27H31ClN2O5/c1-6-29(7-2)11-8-12-30-24(18-14-17(33-4)9-10-21(18)34-5)23-25(31)19-15-20(28)16(3)13-22(19)35-26(23)27(30)32/h9-10,13-15,24H,6-8,11-12H2,1-5H3. The molecule has 0 spiro atoms. The van der Waals surface area contributed by atoms with Crippen LogP contribution in [0.4, 0.5) is 0 Å². The van der Waals surface area contributed by atoms with Crippen molar-refractivity contribution in [1.29, 1.82) is 0 Å². The molecular formula is C27H31ClN2O5. The molecule has 2 heterocycles. The molecule has 0 fully saturated rings. The second kappa shape index (κ2) is 10.3. The van der Waals surface area contributed by atoms with E-state index in [1.165, 1.54) is 0 Å². The molecule has 186 valence electrons. The topological polar surface area (TPSA) is 72.2 Å². The van der Waals surface area contributed by atoms with Gasteiger partial charge in [0, 0.05) is 17.1 Å². The van der Waals surface area contributed by atoms with Crippen LogP contribution >= 0.6 is 11.6 Å². The summed E-state index contributed by atoms with van der Waals surface area (Å²) in [6.07, 6.45) is 0.753. The second-order valence-corrected chi connectivity index (χ2v) is 9.07. The summed E-state index contributed by atoms with van der Waals surface area (Å²) in [4.78, 5) is 31.5. The number of carbonyl (C=O) groups is 1. The number of hydrogen-bond acceptors (Lipinski definition) is 6. The Balaban J connectivity index is 1.90. The van der Waals surface area contributed by atoms with Crippen molar-refractivity contribution >= 4 is 28.5 Å². The van der Waals surface area contributed by atoms with E-state index in [4.69, 9.17) is 25.5 Å². The van der Waals surface area contributed by atoms with Crippen molar-refractivity contribution < 1.29 is 18.7 Å². The van der Waals surface area contributed by atoms with Gasteiger partial charge in [-0.3, -0.25) is 9.59 Å². The summed E-state index contributed by atoms with van der Waals surface area (Å²) < 4.78 is 17.2. The molecule has 0 saturated heterocycles. The molecule has 8 heteroatoms. The molecule has 0 bridgehead atoms. The maximum atomic E-state index is 13.8. The lowest BCUT2D eigenvalue weighted by molar-refractivity contribution is 0.0718. The smallest absolute Gasteiger partial charge is 0.290 e. The van der Waals surface area contributed by atoms with Gasteiger partial charge in [0.15, 0.2) is 5.43 Å². The van der Waals surface area contributed by atoms with E-state index in [9.17, 15) is 9.59 Å². The number of nitrogens with zero attached hydrogens (tertiary/aromatic N) is 2. The molecule has 1 aromatic heterocycles. The van der Waals surface area contributed by atoms with Gasteiger partial charge in [0.1, 0.15) is 17.1 Å². The van der Waals surface area contributed by atoms with E-state index in [0.29, 0.717) is 45.2 Å². The first-order valence-corrected chi connectivity index (χ1v) is 12.2. The van der Waals surface area contributed by atoms with Crippen molar-refractivity contribution in [3.63, 3.8) is 0 Å². The fourth-order valence-electron chi connectivity index (χ4n) is 4.75. The third-order valence-corrected chi connectivity index (χ3v) is 7.15. The molecule has 1 atom stereocenters. The average molecular weight is 499 g/mol. The van der Waals surface area contributed by atoms with E-state index in [1.54, 1.807) is 43.4 Å². The minimum Gasteiger partial charge on any atom is -0.497 e. The normalized spacial score (nSPS) is 15.2. The molecular weight excluding hydrogens is 468 g/mol. The lowest BCUT2D eigenvalue weighted by atomic mass is 9.97. The van der Waals surface area contributed by atoms with Crippen molar-refractivity contribution in [1.82, 2.24) is 9.80 Å². The van der Waals surface area contributed by atoms with Crippen LogP contribution in [0.1, 0.15) is 53.6 Å². The maximum absolute atomic E-state index is 13.8. The zero-order valence-electron chi connectivity index (χ0n) is 20.8. The van der Waals surface area contributed by atoms with Gasteiger partial charge >= 0.3 is 0 Å². The number of ether oxygens (including phenoxy) is 2. The number of methoxy groups -OCH3 is 2. The van der Waals surface area contributed by atoms with Crippen LogP contribution in [-0.4, -0.2) is 56.1 Å². The zero-order chi connectivity index (χ0) is 25.3. The number of aryl methyl sites for hydroxylation is 1. The monoisotopic (exact) mass is 498 g/mol. The fraction of sp³-hybridized carbons (Fsp3) is 0.407. The van der Waals surface area contributed by atoms with Crippen LogP contribution < -0.4 is 14.9 Å². The molecule has 35 heavy (non-hydrogen) atoms. The van der Waals surface area contributed by atoms with Crippen LogP contribution in [0, 0.1) is 6.92 Å². The van der Waals surface area contributed by atoms with Gasteiger partial charge < -0.3 is 23.7 Å². The Labute approximate surface area is 210 Å². The Morgan fingerprint density at radius 2 is 1.83 bits per heavy atom. The number of carbonyl (C=O) groups excluding carboxylic acids is 1. The second-order valence-electron chi connectivity index (χ2n) is 8.66. The summed E-state index contributed by atoms with van der Waals surface area (Å²) >= 11 is 6.34. The van der Waals surface area contributed by atoms with E-state index in [0.717, 1.165) is 31.6 Å². The number of hydrogen-bond donors (Lipinski definition) is 0. The predicted molar refractivity (Wildman–Crippen MR) is 137 cm³/mol. The summed E-state index contributed by atoms with van der Waals surface area (Å²) in [7, 11) is 3.15.